The van der Waals surface area contributed by atoms with E-state index in [9.17, 15) is 4.79 Å². The predicted octanol–water partition coefficient (Wildman–Crippen LogP) is 1.90. The van der Waals surface area contributed by atoms with Crippen LogP contribution in [-0.4, -0.2) is 31.3 Å². The van der Waals surface area contributed by atoms with E-state index in [-0.39, 0.29) is 12.1 Å². The normalized spacial score (nSPS) is 37.8. The lowest BCUT2D eigenvalue weighted by molar-refractivity contribution is 0.181. The third kappa shape index (κ3) is 3.35. The van der Waals surface area contributed by atoms with Crippen LogP contribution in [0, 0.1) is 11.8 Å². The molecule has 0 bridgehead atoms. The van der Waals surface area contributed by atoms with Gasteiger partial charge in [-0.05, 0) is 24.7 Å². The van der Waals surface area contributed by atoms with E-state index in [0.717, 1.165) is 19.4 Å². The van der Waals surface area contributed by atoms with Gasteiger partial charge < -0.3 is 15.4 Å². The second-order valence-electron chi connectivity index (χ2n) is 5.55. The molecule has 0 aromatic heterocycles. The summed E-state index contributed by atoms with van der Waals surface area (Å²) in [6, 6.07) is 0.513. The van der Waals surface area contributed by atoms with Gasteiger partial charge in [0, 0.05) is 12.6 Å². The summed E-state index contributed by atoms with van der Waals surface area (Å²) >= 11 is 0. The lowest BCUT2D eigenvalue weighted by atomic mass is 9.78. The van der Waals surface area contributed by atoms with Crippen molar-refractivity contribution in [1.82, 2.24) is 10.6 Å². The van der Waals surface area contributed by atoms with Gasteiger partial charge in [-0.15, -0.1) is 0 Å². The Kier molecular flexibility index (Phi) is 4.26. The maximum Gasteiger partial charge on any atom is 0.315 e. The van der Waals surface area contributed by atoms with E-state index in [0.29, 0.717) is 24.5 Å². The lowest BCUT2D eigenvalue weighted by Gasteiger charge is -2.34. The van der Waals surface area contributed by atoms with Crippen LogP contribution < -0.4 is 10.6 Å². The van der Waals surface area contributed by atoms with Gasteiger partial charge in [-0.3, -0.25) is 0 Å². The molecular weight excluding hydrogens is 216 g/mol. The molecule has 2 aliphatic rings. The van der Waals surface area contributed by atoms with Crippen LogP contribution in [0.25, 0.3) is 0 Å². The Labute approximate surface area is 103 Å². The minimum absolute atomic E-state index is 0.0218. The molecule has 2 fully saturated rings. The Morgan fingerprint density at radius 3 is 2.71 bits per heavy atom. The van der Waals surface area contributed by atoms with Crippen LogP contribution in [0.3, 0.4) is 0 Å². The van der Waals surface area contributed by atoms with Crippen molar-refractivity contribution in [3.8, 4) is 0 Å². The van der Waals surface area contributed by atoms with Crippen molar-refractivity contribution in [2.45, 2.75) is 51.6 Å². The van der Waals surface area contributed by atoms with Crippen molar-refractivity contribution in [1.29, 1.82) is 0 Å². The molecule has 0 radical (unpaired) electrons. The predicted molar refractivity (Wildman–Crippen MR) is 66.9 cm³/mol. The van der Waals surface area contributed by atoms with Gasteiger partial charge in [-0.1, -0.05) is 26.7 Å². The molecule has 4 nitrogen and oxygen atoms in total. The topological polar surface area (TPSA) is 50.4 Å². The van der Waals surface area contributed by atoms with Crippen LogP contribution in [0.2, 0.25) is 0 Å². The van der Waals surface area contributed by atoms with E-state index in [2.05, 4.69) is 24.5 Å². The zero-order valence-electron chi connectivity index (χ0n) is 10.9. The maximum absolute atomic E-state index is 11.8. The number of amides is 2. The molecule has 0 aromatic carbocycles. The number of hydrogen-bond donors (Lipinski definition) is 2. The van der Waals surface area contributed by atoms with Gasteiger partial charge in [0.1, 0.15) is 0 Å². The number of ether oxygens (including phenoxy) is 1. The van der Waals surface area contributed by atoms with E-state index in [1.54, 1.807) is 0 Å². The number of carbonyl (C=O) groups is 1. The van der Waals surface area contributed by atoms with Crippen LogP contribution in [0.15, 0.2) is 0 Å². The monoisotopic (exact) mass is 240 g/mol. The molecule has 2 N–H and O–H groups in total. The number of urea groups is 1. The van der Waals surface area contributed by atoms with Gasteiger partial charge in [-0.2, -0.15) is 0 Å². The molecule has 98 valence electrons. The quantitative estimate of drug-likeness (QED) is 0.774. The summed E-state index contributed by atoms with van der Waals surface area (Å²) in [6.07, 6.45) is 4.56. The van der Waals surface area contributed by atoms with Crippen molar-refractivity contribution in [2.75, 3.05) is 13.2 Å². The summed E-state index contributed by atoms with van der Waals surface area (Å²) in [5, 5.41) is 6.11. The van der Waals surface area contributed by atoms with Crippen LogP contribution in [0.4, 0.5) is 4.79 Å². The van der Waals surface area contributed by atoms with Crippen LogP contribution in [0.5, 0.6) is 0 Å². The van der Waals surface area contributed by atoms with Gasteiger partial charge in [-0.25, -0.2) is 4.79 Å². The van der Waals surface area contributed by atoms with Crippen LogP contribution >= 0.6 is 0 Å². The molecule has 0 aromatic rings. The molecule has 1 aliphatic heterocycles. The lowest BCUT2D eigenvalue weighted by Crippen LogP contribution is -2.50. The smallest absolute Gasteiger partial charge is 0.315 e. The van der Waals surface area contributed by atoms with Gasteiger partial charge >= 0.3 is 6.03 Å². The van der Waals surface area contributed by atoms with Gasteiger partial charge in [0.2, 0.25) is 0 Å². The highest BCUT2D eigenvalue weighted by Gasteiger charge is 2.28. The molecule has 4 unspecified atom stereocenters. The zero-order valence-corrected chi connectivity index (χ0v) is 10.9. The molecule has 1 aliphatic carbocycles. The highest BCUT2D eigenvalue weighted by Crippen LogP contribution is 2.29. The molecule has 4 heteroatoms. The fourth-order valence-electron chi connectivity index (χ4n) is 2.83. The summed E-state index contributed by atoms with van der Waals surface area (Å²) in [5.74, 6) is 1.29. The average molecular weight is 240 g/mol. The first-order valence-corrected chi connectivity index (χ1v) is 6.81. The Balaban J connectivity index is 1.76. The molecule has 0 spiro atoms. The van der Waals surface area contributed by atoms with Crippen molar-refractivity contribution in [3.63, 3.8) is 0 Å². The second kappa shape index (κ2) is 5.71. The fourth-order valence-corrected chi connectivity index (χ4v) is 2.83. The first-order chi connectivity index (χ1) is 8.16. The second-order valence-corrected chi connectivity index (χ2v) is 5.55. The Morgan fingerprint density at radius 1 is 1.18 bits per heavy atom. The third-order valence-corrected chi connectivity index (χ3v) is 4.29. The summed E-state index contributed by atoms with van der Waals surface area (Å²) in [4.78, 5) is 11.8. The van der Waals surface area contributed by atoms with Crippen molar-refractivity contribution in [2.24, 2.45) is 11.8 Å². The molecule has 1 saturated carbocycles. The number of carbonyl (C=O) groups excluding carboxylic acids is 1. The molecule has 2 amide bonds. The summed E-state index contributed by atoms with van der Waals surface area (Å²) in [7, 11) is 0. The summed E-state index contributed by atoms with van der Waals surface area (Å²) in [5.41, 5.74) is 0. The number of rotatable bonds is 2. The van der Waals surface area contributed by atoms with Crippen LogP contribution in [0.1, 0.15) is 39.5 Å². The van der Waals surface area contributed by atoms with E-state index < -0.39 is 0 Å². The molecule has 2 rings (SSSR count). The minimum Gasteiger partial charge on any atom is -0.379 e. The fraction of sp³-hybridized carbons (Fsp3) is 0.923. The average Bonchev–Trinajstić information content (AvgIpc) is 2.77. The number of nitrogens with one attached hydrogen (secondary N) is 2. The molecule has 17 heavy (non-hydrogen) atoms. The molecule has 1 saturated heterocycles. The Bertz CT molecular complexity index is 264. The van der Waals surface area contributed by atoms with Gasteiger partial charge in [0.15, 0.2) is 0 Å². The highest BCUT2D eigenvalue weighted by molar-refractivity contribution is 5.74. The summed E-state index contributed by atoms with van der Waals surface area (Å²) < 4.78 is 5.24. The van der Waals surface area contributed by atoms with E-state index >= 15 is 0 Å². The van der Waals surface area contributed by atoms with E-state index in [1.807, 2.05) is 0 Å². The SMILES string of the molecule is CC1CCCC(NC(=O)NC2CCOC2)C1C. The first-order valence-electron chi connectivity index (χ1n) is 6.81. The van der Waals surface area contributed by atoms with Gasteiger partial charge in [0.25, 0.3) is 0 Å². The first kappa shape index (κ1) is 12.7. The molecular formula is C13H24N2O2. The van der Waals surface area contributed by atoms with Crippen molar-refractivity contribution >= 4 is 6.03 Å². The maximum atomic E-state index is 11.8. The largest absolute Gasteiger partial charge is 0.379 e. The zero-order chi connectivity index (χ0) is 12.3. The third-order valence-electron chi connectivity index (χ3n) is 4.29. The number of hydrogen-bond acceptors (Lipinski definition) is 2. The minimum atomic E-state index is -0.0218. The highest BCUT2D eigenvalue weighted by atomic mass is 16.5. The van der Waals surface area contributed by atoms with Gasteiger partial charge in [0.05, 0.1) is 12.6 Å². The van der Waals surface area contributed by atoms with Crippen molar-refractivity contribution < 1.29 is 9.53 Å². The van der Waals surface area contributed by atoms with E-state index in [4.69, 9.17) is 4.74 Å². The summed E-state index contributed by atoms with van der Waals surface area (Å²) in [6.45, 7) is 5.94. The van der Waals surface area contributed by atoms with Crippen molar-refractivity contribution in [3.05, 3.63) is 0 Å². The Hall–Kier alpha value is -0.770. The standard InChI is InChI=1S/C13H24N2O2/c1-9-4-3-5-12(10(9)2)15-13(16)14-11-6-7-17-8-11/h9-12H,3-8H2,1-2H3,(H2,14,15,16). The van der Waals surface area contributed by atoms with Crippen LogP contribution in [-0.2, 0) is 4.74 Å². The molecule has 4 atom stereocenters. The van der Waals surface area contributed by atoms with E-state index in [1.165, 1.54) is 12.8 Å². The molecule has 1 heterocycles. The Morgan fingerprint density at radius 2 is 2.00 bits per heavy atom.